The number of benzene rings is 1. The summed E-state index contributed by atoms with van der Waals surface area (Å²) in [6, 6.07) is 4.82. The van der Waals surface area contributed by atoms with E-state index in [0.717, 1.165) is 18.5 Å². The second-order valence-corrected chi connectivity index (χ2v) is 3.56. The zero-order valence-electron chi connectivity index (χ0n) is 9.51. The number of hydrogen-bond acceptors (Lipinski definition) is 2. The first-order valence-electron chi connectivity index (χ1n) is 5.25. The van der Waals surface area contributed by atoms with Crippen molar-refractivity contribution in [3.05, 3.63) is 29.6 Å². The van der Waals surface area contributed by atoms with Crippen LogP contribution in [0.25, 0.3) is 0 Å². The van der Waals surface area contributed by atoms with E-state index >= 15 is 0 Å². The van der Waals surface area contributed by atoms with Gasteiger partial charge in [0.2, 0.25) is 0 Å². The molecule has 0 spiro atoms. The Balaban J connectivity index is 2.82. The molecule has 0 saturated carbocycles. The molecule has 3 heteroatoms. The van der Waals surface area contributed by atoms with Crippen molar-refractivity contribution >= 4 is 0 Å². The Morgan fingerprint density at radius 1 is 1.47 bits per heavy atom. The van der Waals surface area contributed by atoms with Crippen LogP contribution in [0.1, 0.15) is 31.9 Å². The summed E-state index contributed by atoms with van der Waals surface area (Å²) in [5, 5.41) is 3.34. The lowest BCUT2D eigenvalue weighted by molar-refractivity contribution is 0.398. The Bertz CT molecular complexity index is 314. The van der Waals surface area contributed by atoms with E-state index in [-0.39, 0.29) is 11.9 Å². The van der Waals surface area contributed by atoms with E-state index in [4.69, 9.17) is 4.74 Å². The zero-order chi connectivity index (χ0) is 11.3. The Kier molecular flexibility index (Phi) is 4.56. The summed E-state index contributed by atoms with van der Waals surface area (Å²) in [5.74, 6) is 0.337. The van der Waals surface area contributed by atoms with Crippen molar-refractivity contribution in [1.29, 1.82) is 0 Å². The van der Waals surface area contributed by atoms with Crippen molar-refractivity contribution in [2.24, 2.45) is 0 Å². The maximum absolute atomic E-state index is 12.9. The van der Waals surface area contributed by atoms with Gasteiger partial charge in [0.05, 0.1) is 7.11 Å². The van der Waals surface area contributed by atoms with E-state index in [1.54, 1.807) is 13.2 Å². The molecule has 0 saturated heterocycles. The minimum atomic E-state index is -0.265. The molecule has 84 valence electrons. The number of ether oxygens (including phenoxy) is 1. The van der Waals surface area contributed by atoms with Gasteiger partial charge in [-0.25, -0.2) is 4.39 Å². The van der Waals surface area contributed by atoms with Gasteiger partial charge in [-0.2, -0.15) is 0 Å². The molecular formula is C12H18FNO. The van der Waals surface area contributed by atoms with Crippen molar-refractivity contribution in [3.8, 4) is 5.75 Å². The average Bonchev–Trinajstić information content (AvgIpc) is 2.25. The largest absolute Gasteiger partial charge is 0.496 e. The van der Waals surface area contributed by atoms with Crippen molar-refractivity contribution in [2.45, 2.75) is 26.3 Å². The van der Waals surface area contributed by atoms with Gasteiger partial charge in [0.15, 0.2) is 0 Å². The molecule has 0 heterocycles. The SMILES string of the molecule is CCCNC(C)c1ccc(F)cc1OC. The van der Waals surface area contributed by atoms with Gasteiger partial charge in [0.1, 0.15) is 11.6 Å². The van der Waals surface area contributed by atoms with Crippen LogP contribution in [0.15, 0.2) is 18.2 Å². The van der Waals surface area contributed by atoms with E-state index in [9.17, 15) is 4.39 Å². The molecule has 1 aromatic carbocycles. The quantitative estimate of drug-likeness (QED) is 0.808. The summed E-state index contributed by atoms with van der Waals surface area (Å²) in [7, 11) is 1.56. The summed E-state index contributed by atoms with van der Waals surface area (Å²) in [5.41, 5.74) is 0.993. The van der Waals surface area contributed by atoms with E-state index in [1.807, 2.05) is 6.92 Å². The van der Waals surface area contributed by atoms with Crippen molar-refractivity contribution in [3.63, 3.8) is 0 Å². The van der Waals surface area contributed by atoms with Crippen molar-refractivity contribution in [2.75, 3.05) is 13.7 Å². The molecule has 1 aromatic rings. The first kappa shape index (κ1) is 12.0. The maximum Gasteiger partial charge on any atom is 0.126 e. The highest BCUT2D eigenvalue weighted by molar-refractivity contribution is 5.36. The van der Waals surface area contributed by atoms with E-state index < -0.39 is 0 Å². The first-order chi connectivity index (χ1) is 7.19. The lowest BCUT2D eigenvalue weighted by atomic mass is 10.1. The average molecular weight is 211 g/mol. The van der Waals surface area contributed by atoms with Crippen LogP contribution in [0.3, 0.4) is 0 Å². The Hall–Kier alpha value is -1.09. The lowest BCUT2D eigenvalue weighted by Crippen LogP contribution is -2.19. The highest BCUT2D eigenvalue weighted by Crippen LogP contribution is 2.25. The lowest BCUT2D eigenvalue weighted by Gasteiger charge is -2.16. The molecule has 0 bridgehead atoms. The predicted molar refractivity (Wildman–Crippen MR) is 59.7 cm³/mol. The molecule has 0 radical (unpaired) electrons. The molecule has 0 amide bonds. The molecule has 1 N–H and O–H groups in total. The molecule has 0 fully saturated rings. The third-order valence-corrected chi connectivity index (χ3v) is 2.36. The number of rotatable bonds is 5. The van der Waals surface area contributed by atoms with Crippen LogP contribution in [0.5, 0.6) is 5.75 Å². The Morgan fingerprint density at radius 2 is 2.20 bits per heavy atom. The van der Waals surface area contributed by atoms with E-state index in [0.29, 0.717) is 5.75 Å². The van der Waals surface area contributed by atoms with Crippen LogP contribution in [0, 0.1) is 5.82 Å². The van der Waals surface area contributed by atoms with E-state index in [1.165, 1.54) is 12.1 Å². The summed E-state index contributed by atoms with van der Waals surface area (Å²) >= 11 is 0. The molecule has 0 aliphatic carbocycles. The number of nitrogens with one attached hydrogen (secondary N) is 1. The standard InChI is InChI=1S/C12H18FNO/c1-4-7-14-9(2)11-6-5-10(13)8-12(11)15-3/h5-6,8-9,14H,4,7H2,1-3H3. The van der Waals surface area contributed by atoms with Crippen molar-refractivity contribution in [1.82, 2.24) is 5.32 Å². The molecule has 0 aliphatic rings. The number of methoxy groups -OCH3 is 1. The molecule has 1 rings (SSSR count). The summed E-state index contributed by atoms with van der Waals surface area (Å²) in [6.45, 7) is 5.11. The highest BCUT2D eigenvalue weighted by atomic mass is 19.1. The maximum atomic E-state index is 12.9. The predicted octanol–water partition coefficient (Wildman–Crippen LogP) is 2.89. The summed E-state index contributed by atoms with van der Waals surface area (Å²) in [6.07, 6.45) is 1.08. The van der Waals surface area contributed by atoms with Crippen LogP contribution in [-0.4, -0.2) is 13.7 Å². The van der Waals surface area contributed by atoms with Gasteiger partial charge in [0, 0.05) is 17.7 Å². The van der Waals surface area contributed by atoms with Crippen LogP contribution in [0.4, 0.5) is 4.39 Å². The van der Waals surface area contributed by atoms with Gasteiger partial charge in [-0.05, 0) is 26.0 Å². The summed E-state index contributed by atoms with van der Waals surface area (Å²) < 4.78 is 18.1. The second-order valence-electron chi connectivity index (χ2n) is 3.56. The zero-order valence-corrected chi connectivity index (χ0v) is 9.51. The normalized spacial score (nSPS) is 12.5. The molecular weight excluding hydrogens is 193 g/mol. The fraction of sp³-hybridized carbons (Fsp3) is 0.500. The van der Waals surface area contributed by atoms with Gasteiger partial charge in [-0.15, -0.1) is 0 Å². The van der Waals surface area contributed by atoms with Gasteiger partial charge in [0.25, 0.3) is 0 Å². The Morgan fingerprint density at radius 3 is 2.80 bits per heavy atom. The summed E-state index contributed by atoms with van der Waals surface area (Å²) in [4.78, 5) is 0. The topological polar surface area (TPSA) is 21.3 Å². The molecule has 1 unspecified atom stereocenters. The molecule has 2 nitrogen and oxygen atoms in total. The number of halogens is 1. The third kappa shape index (κ3) is 3.20. The second kappa shape index (κ2) is 5.71. The van der Waals surface area contributed by atoms with Crippen LogP contribution >= 0.6 is 0 Å². The van der Waals surface area contributed by atoms with Crippen LogP contribution < -0.4 is 10.1 Å². The van der Waals surface area contributed by atoms with Gasteiger partial charge in [-0.3, -0.25) is 0 Å². The highest BCUT2D eigenvalue weighted by Gasteiger charge is 2.10. The third-order valence-electron chi connectivity index (χ3n) is 2.36. The van der Waals surface area contributed by atoms with Gasteiger partial charge < -0.3 is 10.1 Å². The monoisotopic (exact) mass is 211 g/mol. The number of hydrogen-bond donors (Lipinski definition) is 1. The fourth-order valence-electron chi connectivity index (χ4n) is 1.51. The van der Waals surface area contributed by atoms with Crippen LogP contribution in [-0.2, 0) is 0 Å². The van der Waals surface area contributed by atoms with Crippen LogP contribution in [0.2, 0.25) is 0 Å². The van der Waals surface area contributed by atoms with E-state index in [2.05, 4.69) is 12.2 Å². The molecule has 0 aliphatic heterocycles. The fourth-order valence-corrected chi connectivity index (χ4v) is 1.51. The minimum absolute atomic E-state index is 0.181. The first-order valence-corrected chi connectivity index (χ1v) is 5.25. The Labute approximate surface area is 90.4 Å². The minimum Gasteiger partial charge on any atom is -0.496 e. The van der Waals surface area contributed by atoms with Gasteiger partial charge in [-0.1, -0.05) is 13.0 Å². The molecule has 0 aromatic heterocycles. The van der Waals surface area contributed by atoms with Gasteiger partial charge >= 0.3 is 0 Å². The smallest absolute Gasteiger partial charge is 0.126 e. The molecule has 1 atom stereocenters. The molecule has 15 heavy (non-hydrogen) atoms. The van der Waals surface area contributed by atoms with Crippen molar-refractivity contribution < 1.29 is 9.13 Å².